The number of urea groups is 1. The number of carbonyl (C=O) groups is 2. The van der Waals surface area contributed by atoms with Crippen LogP contribution in [0.25, 0.3) is 0 Å². The molecule has 1 unspecified atom stereocenters. The SMILES string of the molecule is CN(Cc1ccc(N2CCOCC2)cc1)C(=O)CC(NC(N)=O)c1ccccc1. The molecule has 3 rings (SSSR count). The van der Waals surface area contributed by atoms with Gasteiger partial charge in [-0.25, -0.2) is 4.79 Å². The largest absolute Gasteiger partial charge is 0.378 e. The molecule has 2 aromatic rings. The normalized spacial score (nSPS) is 14.9. The molecule has 1 saturated heterocycles. The molecule has 2 aromatic carbocycles. The van der Waals surface area contributed by atoms with Gasteiger partial charge in [0.25, 0.3) is 0 Å². The number of carbonyl (C=O) groups excluding carboxylic acids is 2. The lowest BCUT2D eigenvalue weighted by Crippen LogP contribution is -2.37. The molecule has 0 saturated carbocycles. The Morgan fingerprint density at radius 3 is 2.38 bits per heavy atom. The molecule has 0 radical (unpaired) electrons. The minimum Gasteiger partial charge on any atom is -0.378 e. The van der Waals surface area contributed by atoms with Crippen LogP contribution in [-0.2, 0) is 16.1 Å². The number of hydrogen-bond acceptors (Lipinski definition) is 4. The van der Waals surface area contributed by atoms with Crippen LogP contribution in [0.5, 0.6) is 0 Å². The van der Waals surface area contributed by atoms with Crippen molar-refractivity contribution in [2.75, 3.05) is 38.3 Å². The van der Waals surface area contributed by atoms with Crippen LogP contribution in [0, 0.1) is 0 Å². The number of primary amides is 1. The van der Waals surface area contributed by atoms with E-state index in [4.69, 9.17) is 10.5 Å². The number of ether oxygens (including phenoxy) is 1. The monoisotopic (exact) mass is 396 g/mol. The predicted octanol–water partition coefficient (Wildman–Crippen LogP) is 2.28. The minimum absolute atomic E-state index is 0.0649. The quantitative estimate of drug-likeness (QED) is 0.752. The minimum atomic E-state index is -0.645. The second-order valence-electron chi connectivity index (χ2n) is 7.19. The molecule has 1 heterocycles. The first-order chi connectivity index (χ1) is 14.0. The van der Waals surface area contributed by atoms with Crippen molar-refractivity contribution in [1.82, 2.24) is 10.2 Å². The Morgan fingerprint density at radius 1 is 1.10 bits per heavy atom. The molecule has 1 aliphatic heterocycles. The van der Waals surface area contributed by atoms with Crippen molar-refractivity contribution >= 4 is 17.6 Å². The van der Waals surface area contributed by atoms with E-state index >= 15 is 0 Å². The number of benzene rings is 2. The molecule has 1 aliphatic rings. The Kier molecular flexibility index (Phi) is 7.08. The molecule has 0 bridgehead atoms. The summed E-state index contributed by atoms with van der Waals surface area (Å²) < 4.78 is 5.39. The molecule has 1 atom stereocenters. The van der Waals surface area contributed by atoms with Crippen LogP contribution in [0.4, 0.5) is 10.5 Å². The number of hydrogen-bond donors (Lipinski definition) is 2. The topological polar surface area (TPSA) is 87.9 Å². The summed E-state index contributed by atoms with van der Waals surface area (Å²) in [6.45, 7) is 3.79. The fourth-order valence-corrected chi connectivity index (χ4v) is 3.44. The van der Waals surface area contributed by atoms with Gasteiger partial charge < -0.3 is 25.6 Å². The van der Waals surface area contributed by atoms with E-state index in [-0.39, 0.29) is 12.3 Å². The number of morpholine rings is 1. The van der Waals surface area contributed by atoms with Gasteiger partial charge in [0.15, 0.2) is 0 Å². The fraction of sp³-hybridized carbons (Fsp3) is 0.364. The van der Waals surface area contributed by atoms with E-state index in [2.05, 4.69) is 22.3 Å². The number of nitrogens with zero attached hydrogens (tertiary/aromatic N) is 2. The zero-order valence-electron chi connectivity index (χ0n) is 16.7. The summed E-state index contributed by atoms with van der Waals surface area (Å²) >= 11 is 0. The second-order valence-corrected chi connectivity index (χ2v) is 7.19. The second kappa shape index (κ2) is 9.93. The molecule has 0 aromatic heterocycles. The zero-order chi connectivity index (χ0) is 20.6. The lowest BCUT2D eigenvalue weighted by Gasteiger charge is -2.29. The van der Waals surface area contributed by atoms with Gasteiger partial charge in [-0.1, -0.05) is 42.5 Å². The van der Waals surface area contributed by atoms with Crippen LogP contribution in [0.1, 0.15) is 23.6 Å². The summed E-state index contributed by atoms with van der Waals surface area (Å²) in [6, 6.07) is 16.5. The van der Waals surface area contributed by atoms with Crippen molar-refractivity contribution in [2.24, 2.45) is 5.73 Å². The first-order valence-electron chi connectivity index (χ1n) is 9.79. The Hall–Kier alpha value is -3.06. The van der Waals surface area contributed by atoms with Gasteiger partial charge in [0.05, 0.1) is 25.7 Å². The third-order valence-electron chi connectivity index (χ3n) is 5.06. The van der Waals surface area contributed by atoms with Gasteiger partial charge in [-0.3, -0.25) is 4.79 Å². The van der Waals surface area contributed by atoms with Crippen molar-refractivity contribution in [3.05, 3.63) is 65.7 Å². The zero-order valence-corrected chi connectivity index (χ0v) is 16.7. The van der Waals surface area contributed by atoms with E-state index in [9.17, 15) is 9.59 Å². The fourth-order valence-electron chi connectivity index (χ4n) is 3.44. The molecule has 7 heteroatoms. The van der Waals surface area contributed by atoms with Crippen LogP contribution in [0.3, 0.4) is 0 Å². The molecule has 0 aliphatic carbocycles. The Labute approximate surface area is 171 Å². The molecule has 3 amide bonds. The van der Waals surface area contributed by atoms with Crippen LogP contribution in [-0.4, -0.2) is 50.2 Å². The van der Waals surface area contributed by atoms with Crippen molar-refractivity contribution < 1.29 is 14.3 Å². The van der Waals surface area contributed by atoms with E-state index < -0.39 is 12.1 Å². The first-order valence-corrected chi connectivity index (χ1v) is 9.79. The smallest absolute Gasteiger partial charge is 0.312 e. The number of rotatable bonds is 7. The van der Waals surface area contributed by atoms with E-state index in [1.807, 2.05) is 42.5 Å². The lowest BCUT2D eigenvalue weighted by atomic mass is 10.0. The van der Waals surface area contributed by atoms with Crippen LogP contribution in [0.2, 0.25) is 0 Å². The highest BCUT2D eigenvalue weighted by molar-refractivity contribution is 5.78. The molecule has 154 valence electrons. The van der Waals surface area contributed by atoms with Crippen LogP contribution in [0.15, 0.2) is 54.6 Å². The van der Waals surface area contributed by atoms with Gasteiger partial charge in [0.1, 0.15) is 0 Å². The van der Waals surface area contributed by atoms with E-state index in [1.165, 1.54) is 5.69 Å². The maximum absolute atomic E-state index is 12.7. The Morgan fingerprint density at radius 2 is 1.76 bits per heavy atom. The average molecular weight is 396 g/mol. The van der Waals surface area contributed by atoms with Crippen LogP contribution < -0.4 is 16.0 Å². The third kappa shape index (κ3) is 5.96. The van der Waals surface area contributed by atoms with Gasteiger partial charge in [-0.2, -0.15) is 0 Å². The number of anilines is 1. The van der Waals surface area contributed by atoms with Gasteiger partial charge in [-0.15, -0.1) is 0 Å². The lowest BCUT2D eigenvalue weighted by molar-refractivity contribution is -0.130. The van der Waals surface area contributed by atoms with Crippen molar-refractivity contribution in [3.63, 3.8) is 0 Å². The summed E-state index contributed by atoms with van der Waals surface area (Å²) in [4.78, 5) is 28.1. The highest BCUT2D eigenvalue weighted by Crippen LogP contribution is 2.20. The van der Waals surface area contributed by atoms with E-state index in [0.29, 0.717) is 6.54 Å². The Balaban J connectivity index is 1.59. The molecular weight excluding hydrogens is 368 g/mol. The molecule has 1 fully saturated rings. The number of nitrogens with two attached hydrogens (primary N) is 1. The summed E-state index contributed by atoms with van der Waals surface area (Å²) in [6.07, 6.45) is 0.148. The molecule has 7 nitrogen and oxygen atoms in total. The molecular formula is C22H28N4O3. The molecule has 3 N–H and O–H groups in total. The summed E-state index contributed by atoms with van der Waals surface area (Å²) in [5.74, 6) is -0.0649. The third-order valence-corrected chi connectivity index (χ3v) is 5.06. The highest BCUT2D eigenvalue weighted by Gasteiger charge is 2.20. The van der Waals surface area contributed by atoms with Gasteiger partial charge in [0.2, 0.25) is 5.91 Å². The standard InChI is InChI=1S/C22H28N4O3/c1-25(16-17-7-9-19(10-8-17)26-11-13-29-14-12-26)21(27)15-20(24-22(23)28)18-5-3-2-4-6-18/h2-10,20H,11-16H2,1H3,(H3,23,24,28). The van der Waals surface area contributed by atoms with Crippen molar-refractivity contribution in [3.8, 4) is 0 Å². The van der Waals surface area contributed by atoms with Gasteiger partial charge in [-0.05, 0) is 23.3 Å². The molecule has 0 spiro atoms. The predicted molar refractivity (Wildman–Crippen MR) is 112 cm³/mol. The van der Waals surface area contributed by atoms with Crippen molar-refractivity contribution in [2.45, 2.75) is 19.0 Å². The van der Waals surface area contributed by atoms with E-state index in [0.717, 1.165) is 37.4 Å². The van der Waals surface area contributed by atoms with E-state index in [1.54, 1.807) is 11.9 Å². The summed E-state index contributed by atoms with van der Waals surface area (Å²) in [7, 11) is 1.77. The maximum atomic E-state index is 12.7. The summed E-state index contributed by atoms with van der Waals surface area (Å²) in [5.41, 5.74) is 8.37. The molecule has 29 heavy (non-hydrogen) atoms. The maximum Gasteiger partial charge on any atom is 0.312 e. The van der Waals surface area contributed by atoms with Gasteiger partial charge in [0, 0.05) is 32.4 Å². The Bertz CT molecular complexity index is 805. The number of amides is 3. The number of nitrogens with one attached hydrogen (secondary N) is 1. The van der Waals surface area contributed by atoms with Gasteiger partial charge >= 0.3 is 6.03 Å². The highest BCUT2D eigenvalue weighted by atomic mass is 16.5. The summed E-state index contributed by atoms with van der Waals surface area (Å²) in [5, 5.41) is 2.67. The first kappa shape index (κ1) is 20.7. The average Bonchev–Trinajstić information content (AvgIpc) is 2.74. The van der Waals surface area contributed by atoms with Crippen LogP contribution >= 0.6 is 0 Å². The van der Waals surface area contributed by atoms with Crippen molar-refractivity contribution in [1.29, 1.82) is 0 Å².